The highest BCUT2D eigenvalue weighted by Gasteiger charge is 2.48. The Bertz CT molecular complexity index is 1430. The van der Waals surface area contributed by atoms with Crippen LogP contribution < -0.4 is 4.90 Å². The van der Waals surface area contributed by atoms with Gasteiger partial charge in [-0.1, -0.05) is 18.2 Å². The monoisotopic (exact) mass is 478 g/mol. The van der Waals surface area contributed by atoms with Gasteiger partial charge in [-0.15, -0.1) is 0 Å². The maximum absolute atomic E-state index is 14.9. The Morgan fingerprint density at radius 1 is 1.00 bits per heavy atom. The van der Waals surface area contributed by atoms with Gasteiger partial charge in [-0.05, 0) is 36.4 Å². The summed E-state index contributed by atoms with van der Waals surface area (Å²) in [6, 6.07) is 11.3. The number of anilines is 1. The number of amides is 1. The molecule has 1 amide bonds. The fourth-order valence-electron chi connectivity index (χ4n) is 3.83. The van der Waals surface area contributed by atoms with Crippen molar-refractivity contribution in [3.63, 3.8) is 0 Å². The third kappa shape index (κ3) is 3.95. The fourth-order valence-corrected chi connectivity index (χ4v) is 3.83. The summed E-state index contributed by atoms with van der Waals surface area (Å²) in [7, 11) is 0. The second-order valence-electron chi connectivity index (χ2n) is 7.50. The molecule has 3 aromatic rings. The van der Waals surface area contributed by atoms with E-state index in [1.54, 1.807) is 0 Å². The number of ketones is 1. The molecule has 0 bridgehead atoms. The number of nitro groups is 1. The lowest BCUT2D eigenvalue weighted by molar-refractivity contribution is -0.384. The first-order valence-electron chi connectivity index (χ1n) is 9.98. The molecule has 35 heavy (non-hydrogen) atoms. The molecule has 3 aromatic carbocycles. The van der Waals surface area contributed by atoms with E-state index >= 15 is 0 Å². The Labute approximate surface area is 195 Å². The number of rotatable bonds is 5. The van der Waals surface area contributed by atoms with Gasteiger partial charge in [0.1, 0.15) is 22.9 Å². The first-order chi connectivity index (χ1) is 16.6. The lowest BCUT2D eigenvalue weighted by Crippen LogP contribution is -2.30. The smallest absolute Gasteiger partial charge is 0.339 e. The van der Waals surface area contributed by atoms with Crippen molar-refractivity contribution < 1.29 is 39.0 Å². The average molecular weight is 478 g/mol. The second-order valence-corrected chi connectivity index (χ2v) is 7.50. The van der Waals surface area contributed by atoms with Crippen molar-refractivity contribution in [2.24, 2.45) is 0 Å². The normalized spacial score (nSPS) is 16.9. The number of benzene rings is 3. The zero-order valence-electron chi connectivity index (χ0n) is 17.6. The number of nitro benzene ring substituents is 1. The number of nitrogens with zero attached hydrogens (tertiary/aromatic N) is 2. The molecule has 1 aliphatic rings. The Kier molecular flexibility index (Phi) is 5.75. The molecule has 1 saturated heterocycles. The van der Waals surface area contributed by atoms with E-state index in [1.165, 1.54) is 36.4 Å². The van der Waals surface area contributed by atoms with Crippen LogP contribution >= 0.6 is 0 Å². The van der Waals surface area contributed by atoms with Gasteiger partial charge in [0.15, 0.2) is 0 Å². The minimum Gasteiger partial charge on any atom is -0.507 e. The summed E-state index contributed by atoms with van der Waals surface area (Å²) < 4.78 is 14.9. The predicted octanol–water partition coefficient (Wildman–Crippen LogP) is 3.76. The van der Waals surface area contributed by atoms with E-state index in [9.17, 15) is 44.2 Å². The molecule has 0 aliphatic carbocycles. The molecule has 0 aromatic heterocycles. The van der Waals surface area contributed by atoms with Gasteiger partial charge < -0.3 is 15.3 Å². The number of carbonyl (C=O) groups is 3. The summed E-state index contributed by atoms with van der Waals surface area (Å²) >= 11 is 0. The summed E-state index contributed by atoms with van der Waals surface area (Å²) in [5.41, 5.74) is -1.69. The van der Waals surface area contributed by atoms with Gasteiger partial charge in [0.05, 0.1) is 16.5 Å². The number of non-ortho nitro benzene ring substituents is 1. The van der Waals surface area contributed by atoms with Gasteiger partial charge >= 0.3 is 5.97 Å². The molecule has 1 fully saturated rings. The van der Waals surface area contributed by atoms with Crippen molar-refractivity contribution in [2.75, 3.05) is 4.90 Å². The topological polar surface area (TPSA) is 158 Å². The summed E-state index contributed by atoms with van der Waals surface area (Å²) in [6.07, 6.45) is 0. The van der Waals surface area contributed by atoms with Gasteiger partial charge in [0, 0.05) is 28.9 Å². The van der Waals surface area contributed by atoms with Crippen LogP contribution in [0.5, 0.6) is 5.75 Å². The maximum atomic E-state index is 14.9. The number of carboxylic acid groups (broad SMARTS) is 1. The average Bonchev–Trinajstić information content (AvgIpc) is 3.09. The largest absolute Gasteiger partial charge is 0.507 e. The summed E-state index contributed by atoms with van der Waals surface area (Å²) in [4.78, 5) is 48.7. The van der Waals surface area contributed by atoms with E-state index in [0.29, 0.717) is 0 Å². The molecule has 3 N–H and O–H groups in total. The molecule has 0 spiro atoms. The minimum atomic E-state index is -1.51. The van der Waals surface area contributed by atoms with Crippen LogP contribution in [0.15, 0.2) is 72.3 Å². The lowest BCUT2D eigenvalue weighted by Gasteiger charge is -2.26. The highest BCUT2D eigenvalue weighted by atomic mass is 19.1. The molecular formula is C24H15FN2O8. The highest BCUT2D eigenvalue weighted by molar-refractivity contribution is 6.51. The fraction of sp³-hybridized carbons (Fsp3) is 0.0417. The van der Waals surface area contributed by atoms with Crippen LogP contribution in [-0.2, 0) is 9.59 Å². The van der Waals surface area contributed by atoms with Crippen molar-refractivity contribution in [2.45, 2.75) is 6.04 Å². The molecule has 4 rings (SSSR count). The number of carbonyl (C=O) groups excluding carboxylic acids is 2. The number of aromatic hydroxyl groups is 1. The van der Waals surface area contributed by atoms with Crippen LogP contribution in [-0.4, -0.2) is 37.9 Å². The Morgan fingerprint density at radius 2 is 1.66 bits per heavy atom. The van der Waals surface area contributed by atoms with Gasteiger partial charge in [-0.25, -0.2) is 9.18 Å². The van der Waals surface area contributed by atoms with Crippen LogP contribution in [0, 0.1) is 15.9 Å². The van der Waals surface area contributed by atoms with Crippen LogP contribution in [0.4, 0.5) is 15.8 Å². The first-order valence-corrected chi connectivity index (χ1v) is 9.98. The molecule has 1 unspecified atom stereocenters. The molecule has 0 radical (unpaired) electrons. The third-order valence-corrected chi connectivity index (χ3v) is 5.48. The molecule has 1 atom stereocenters. The van der Waals surface area contributed by atoms with Crippen molar-refractivity contribution in [3.8, 4) is 5.75 Å². The Hall–Kier alpha value is -5.06. The van der Waals surface area contributed by atoms with E-state index in [1.807, 2.05) is 0 Å². The van der Waals surface area contributed by atoms with Gasteiger partial charge in [-0.3, -0.25) is 24.6 Å². The maximum Gasteiger partial charge on any atom is 0.339 e. The molecular weight excluding hydrogens is 463 g/mol. The number of phenols is 1. The van der Waals surface area contributed by atoms with Crippen molar-refractivity contribution in [1.29, 1.82) is 0 Å². The number of aromatic carboxylic acids is 1. The van der Waals surface area contributed by atoms with E-state index in [4.69, 9.17) is 0 Å². The van der Waals surface area contributed by atoms with E-state index in [2.05, 4.69) is 0 Å². The predicted molar refractivity (Wildman–Crippen MR) is 119 cm³/mol. The van der Waals surface area contributed by atoms with Crippen molar-refractivity contribution >= 4 is 34.8 Å². The number of hydrogen-bond donors (Lipinski definition) is 3. The van der Waals surface area contributed by atoms with Crippen molar-refractivity contribution in [1.82, 2.24) is 0 Å². The zero-order chi connectivity index (χ0) is 25.4. The van der Waals surface area contributed by atoms with E-state index in [-0.39, 0.29) is 22.5 Å². The van der Waals surface area contributed by atoms with Crippen LogP contribution in [0.2, 0.25) is 0 Å². The summed E-state index contributed by atoms with van der Waals surface area (Å²) in [5.74, 6) is -5.97. The number of hydrogen-bond acceptors (Lipinski definition) is 7. The van der Waals surface area contributed by atoms with Gasteiger partial charge in [0.2, 0.25) is 0 Å². The molecule has 1 heterocycles. The Morgan fingerprint density at radius 3 is 2.26 bits per heavy atom. The minimum absolute atomic E-state index is 0.0353. The van der Waals surface area contributed by atoms with Crippen LogP contribution in [0.3, 0.4) is 0 Å². The standard InChI is InChI=1S/C24H15FN2O8/c25-17-4-2-1-3-15(17)20-19(21(29)12-5-7-13(8-6-12)27(34)35)22(30)23(31)26(20)14-9-10-18(28)16(11-14)24(32)33/h1-11,20,28-29H,(H,32,33)/b21-19-. The quantitative estimate of drug-likeness (QED) is 0.164. The van der Waals surface area contributed by atoms with Gasteiger partial charge in [0.25, 0.3) is 17.4 Å². The van der Waals surface area contributed by atoms with Gasteiger partial charge in [-0.2, -0.15) is 0 Å². The second kappa shape index (κ2) is 8.71. The van der Waals surface area contributed by atoms with E-state index < -0.39 is 57.1 Å². The summed E-state index contributed by atoms with van der Waals surface area (Å²) in [5, 5.41) is 41.1. The molecule has 1 aliphatic heterocycles. The number of carboxylic acids is 1. The molecule has 11 heteroatoms. The molecule has 176 valence electrons. The Balaban J connectivity index is 1.96. The first kappa shape index (κ1) is 23.1. The number of aliphatic hydroxyl groups excluding tert-OH is 1. The number of halogens is 1. The lowest BCUT2D eigenvalue weighted by atomic mass is 9.94. The zero-order valence-corrected chi connectivity index (χ0v) is 17.6. The number of aliphatic hydroxyl groups is 1. The SMILES string of the molecule is O=C1C(=O)N(c2ccc(O)c(C(=O)O)c2)C(c2ccccc2F)/C1=C(/O)c1ccc([N+](=O)[O-])cc1. The molecule has 10 nitrogen and oxygen atoms in total. The number of Topliss-reactive ketones (excluding diaryl/α,β-unsaturated/α-hetero) is 1. The van der Waals surface area contributed by atoms with Crippen LogP contribution in [0.25, 0.3) is 5.76 Å². The van der Waals surface area contributed by atoms with E-state index in [0.717, 1.165) is 35.2 Å². The van der Waals surface area contributed by atoms with Crippen LogP contribution in [0.1, 0.15) is 27.5 Å². The molecule has 0 saturated carbocycles. The third-order valence-electron chi connectivity index (χ3n) is 5.48. The van der Waals surface area contributed by atoms with Crippen molar-refractivity contribution in [3.05, 3.63) is 105 Å². The highest BCUT2D eigenvalue weighted by Crippen LogP contribution is 2.43. The summed E-state index contributed by atoms with van der Waals surface area (Å²) in [6.45, 7) is 0.